The third kappa shape index (κ3) is 2.45. The van der Waals surface area contributed by atoms with Crippen molar-refractivity contribution in [2.75, 3.05) is 19.7 Å². The lowest BCUT2D eigenvalue weighted by Crippen LogP contribution is -2.02. The molecule has 0 aromatic heterocycles. The fourth-order valence-electron chi connectivity index (χ4n) is 0.945. The van der Waals surface area contributed by atoms with E-state index < -0.39 is 0 Å². The smallest absolute Gasteiger partial charge is 0.337 e. The molecular formula is C9H11NO3. The van der Waals surface area contributed by atoms with Gasteiger partial charge in [0.05, 0.1) is 25.5 Å². The number of ether oxygens (including phenoxy) is 1. The van der Waals surface area contributed by atoms with E-state index in [4.69, 9.17) is 4.84 Å². The maximum Gasteiger partial charge on any atom is 0.337 e. The van der Waals surface area contributed by atoms with Gasteiger partial charge in [0, 0.05) is 0 Å². The van der Waals surface area contributed by atoms with Crippen LogP contribution < -0.4 is 5.48 Å². The van der Waals surface area contributed by atoms with Crippen LogP contribution in [0.4, 0.5) is 5.69 Å². The lowest BCUT2D eigenvalue weighted by Gasteiger charge is -2.04. The van der Waals surface area contributed by atoms with Crippen LogP contribution in [-0.4, -0.2) is 20.2 Å². The zero-order valence-electron chi connectivity index (χ0n) is 7.53. The SMILES string of the molecule is CONc1cccc(C(=O)OC)c1. The number of benzene rings is 1. The van der Waals surface area contributed by atoms with Crippen molar-refractivity contribution in [2.45, 2.75) is 0 Å². The zero-order chi connectivity index (χ0) is 9.68. The Kier molecular flexibility index (Phi) is 3.28. The number of nitrogens with one attached hydrogen (secondary N) is 1. The van der Waals surface area contributed by atoms with E-state index in [1.54, 1.807) is 24.3 Å². The molecule has 0 bridgehead atoms. The summed E-state index contributed by atoms with van der Waals surface area (Å²) in [5.41, 5.74) is 3.82. The molecule has 0 saturated carbocycles. The first-order valence-electron chi connectivity index (χ1n) is 3.75. The van der Waals surface area contributed by atoms with Crippen molar-refractivity contribution < 1.29 is 14.4 Å². The fraction of sp³-hybridized carbons (Fsp3) is 0.222. The molecule has 0 unspecified atom stereocenters. The maximum absolute atomic E-state index is 11.1. The normalized spacial score (nSPS) is 9.38. The van der Waals surface area contributed by atoms with Crippen molar-refractivity contribution >= 4 is 11.7 Å². The molecule has 0 radical (unpaired) electrons. The zero-order valence-corrected chi connectivity index (χ0v) is 7.53. The van der Waals surface area contributed by atoms with Gasteiger partial charge in [-0.1, -0.05) is 6.07 Å². The quantitative estimate of drug-likeness (QED) is 0.566. The molecule has 1 aromatic rings. The highest BCUT2D eigenvalue weighted by Gasteiger charge is 2.04. The third-order valence-corrected chi connectivity index (χ3v) is 1.50. The summed E-state index contributed by atoms with van der Waals surface area (Å²) < 4.78 is 4.56. The van der Waals surface area contributed by atoms with Gasteiger partial charge < -0.3 is 4.74 Å². The van der Waals surface area contributed by atoms with Crippen molar-refractivity contribution in [3.05, 3.63) is 29.8 Å². The highest BCUT2D eigenvalue weighted by atomic mass is 16.6. The minimum Gasteiger partial charge on any atom is -0.465 e. The van der Waals surface area contributed by atoms with Gasteiger partial charge >= 0.3 is 5.97 Å². The van der Waals surface area contributed by atoms with Crippen LogP contribution >= 0.6 is 0 Å². The number of hydrogen-bond donors (Lipinski definition) is 1. The van der Waals surface area contributed by atoms with Crippen molar-refractivity contribution in [1.82, 2.24) is 0 Å². The van der Waals surface area contributed by atoms with Crippen LogP contribution in [0.25, 0.3) is 0 Å². The Bertz CT molecular complexity index is 299. The summed E-state index contributed by atoms with van der Waals surface area (Å²) in [6.07, 6.45) is 0. The van der Waals surface area contributed by atoms with E-state index >= 15 is 0 Å². The summed E-state index contributed by atoms with van der Waals surface area (Å²) in [5, 5.41) is 0. The summed E-state index contributed by atoms with van der Waals surface area (Å²) in [7, 11) is 2.85. The Morgan fingerprint density at radius 3 is 2.77 bits per heavy atom. The second-order valence-corrected chi connectivity index (χ2v) is 2.38. The Morgan fingerprint density at radius 1 is 1.38 bits per heavy atom. The molecule has 4 heteroatoms. The van der Waals surface area contributed by atoms with E-state index in [0.717, 1.165) is 0 Å². The number of carbonyl (C=O) groups is 1. The molecule has 0 spiro atoms. The van der Waals surface area contributed by atoms with Crippen LogP contribution in [0, 0.1) is 0 Å². The van der Waals surface area contributed by atoms with E-state index in [2.05, 4.69) is 10.2 Å². The van der Waals surface area contributed by atoms with Gasteiger partial charge in [0.2, 0.25) is 0 Å². The Hall–Kier alpha value is -1.55. The number of anilines is 1. The molecule has 1 rings (SSSR count). The van der Waals surface area contributed by atoms with Crippen LogP contribution in [0.1, 0.15) is 10.4 Å². The maximum atomic E-state index is 11.1. The number of hydrogen-bond acceptors (Lipinski definition) is 4. The first kappa shape index (κ1) is 9.54. The van der Waals surface area contributed by atoms with Gasteiger partial charge in [-0.25, -0.2) is 4.79 Å². The molecule has 0 atom stereocenters. The predicted molar refractivity (Wildman–Crippen MR) is 48.4 cm³/mol. The Balaban J connectivity index is 2.85. The standard InChI is InChI=1S/C9H11NO3/c1-12-9(11)7-4-3-5-8(6-7)10-13-2/h3-6,10H,1-2H3. The average Bonchev–Trinajstić information content (AvgIpc) is 2.18. The first-order valence-corrected chi connectivity index (χ1v) is 3.75. The Labute approximate surface area is 76.4 Å². The molecule has 0 aliphatic rings. The fourth-order valence-corrected chi connectivity index (χ4v) is 0.945. The summed E-state index contributed by atoms with van der Waals surface area (Å²) in [5.74, 6) is -0.361. The topological polar surface area (TPSA) is 47.6 Å². The van der Waals surface area contributed by atoms with Gasteiger partial charge in [-0.2, -0.15) is 0 Å². The average molecular weight is 181 g/mol. The third-order valence-electron chi connectivity index (χ3n) is 1.50. The van der Waals surface area contributed by atoms with Crippen molar-refractivity contribution in [3.63, 3.8) is 0 Å². The van der Waals surface area contributed by atoms with Gasteiger partial charge in [-0.05, 0) is 18.2 Å². The lowest BCUT2D eigenvalue weighted by molar-refractivity contribution is 0.0601. The van der Waals surface area contributed by atoms with Crippen molar-refractivity contribution in [1.29, 1.82) is 0 Å². The molecular weight excluding hydrogens is 170 g/mol. The molecule has 1 aromatic carbocycles. The van der Waals surface area contributed by atoms with E-state index in [9.17, 15) is 4.79 Å². The van der Waals surface area contributed by atoms with Gasteiger partial charge in [-0.3, -0.25) is 10.3 Å². The molecule has 0 heterocycles. The van der Waals surface area contributed by atoms with Gasteiger partial charge in [-0.15, -0.1) is 0 Å². The first-order chi connectivity index (χ1) is 6.27. The molecule has 4 nitrogen and oxygen atoms in total. The summed E-state index contributed by atoms with van der Waals surface area (Å²) in [6, 6.07) is 6.85. The minimum atomic E-state index is -0.361. The minimum absolute atomic E-state index is 0.361. The summed E-state index contributed by atoms with van der Waals surface area (Å²) in [4.78, 5) is 15.8. The van der Waals surface area contributed by atoms with E-state index in [1.165, 1.54) is 14.2 Å². The highest BCUT2D eigenvalue weighted by Crippen LogP contribution is 2.10. The number of esters is 1. The van der Waals surface area contributed by atoms with E-state index in [-0.39, 0.29) is 5.97 Å². The largest absolute Gasteiger partial charge is 0.465 e. The second-order valence-electron chi connectivity index (χ2n) is 2.38. The van der Waals surface area contributed by atoms with Crippen molar-refractivity contribution in [3.8, 4) is 0 Å². The van der Waals surface area contributed by atoms with Crippen LogP contribution in [0.5, 0.6) is 0 Å². The summed E-state index contributed by atoms with van der Waals surface area (Å²) >= 11 is 0. The van der Waals surface area contributed by atoms with Crippen molar-refractivity contribution in [2.24, 2.45) is 0 Å². The number of methoxy groups -OCH3 is 1. The molecule has 1 N–H and O–H groups in total. The van der Waals surface area contributed by atoms with Crippen LogP contribution in [-0.2, 0) is 9.57 Å². The predicted octanol–water partition coefficient (Wildman–Crippen LogP) is 1.45. The second kappa shape index (κ2) is 4.47. The molecule has 70 valence electrons. The highest BCUT2D eigenvalue weighted by molar-refractivity contribution is 5.90. The van der Waals surface area contributed by atoms with E-state index in [1.807, 2.05) is 0 Å². The molecule has 0 aliphatic heterocycles. The van der Waals surface area contributed by atoms with Gasteiger partial charge in [0.15, 0.2) is 0 Å². The van der Waals surface area contributed by atoms with Crippen LogP contribution in [0.3, 0.4) is 0 Å². The van der Waals surface area contributed by atoms with Gasteiger partial charge in [0.1, 0.15) is 0 Å². The monoisotopic (exact) mass is 181 g/mol. The molecule has 0 aliphatic carbocycles. The molecule has 0 saturated heterocycles. The number of rotatable bonds is 3. The molecule has 13 heavy (non-hydrogen) atoms. The van der Waals surface area contributed by atoms with Crippen LogP contribution in [0.2, 0.25) is 0 Å². The van der Waals surface area contributed by atoms with E-state index in [0.29, 0.717) is 11.3 Å². The molecule has 0 fully saturated rings. The van der Waals surface area contributed by atoms with Crippen LogP contribution in [0.15, 0.2) is 24.3 Å². The summed E-state index contributed by atoms with van der Waals surface area (Å²) in [6.45, 7) is 0. The Morgan fingerprint density at radius 2 is 2.15 bits per heavy atom. The number of carbonyl (C=O) groups excluding carboxylic acids is 1. The lowest BCUT2D eigenvalue weighted by atomic mass is 10.2. The molecule has 0 amide bonds. The van der Waals surface area contributed by atoms with Gasteiger partial charge in [0.25, 0.3) is 0 Å².